The number of pyridine rings is 1. The van der Waals surface area contributed by atoms with Crippen LogP contribution in [0.1, 0.15) is 63.0 Å². The summed E-state index contributed by atoms with van der Waals surface area (Å²) in [5, 5.41) is 14.3. The lowest BCUT2D eigenvalue weighted by molar-refractivity contribution is -0.161. The average Bonchev–Trinajstić information content (AvgIpc) is 3.12. The number of aromatic nitrogens is 1. The zero-order valence-corrected chi connectivity index (χ0v) is 29.2. The number of hydrogen-bond donors (Lipinski definition) is 2. The van der Waals surface area contributed by atoms with E-state index in [4.69, 9.17) is 37.4 Å². The van der Waals surface area contributed by atoms with Crippen LogP contribution in [0.3, 0.4) is 0 Å². The lowest BCUT2D eigenvalue weighted by Crippen LogP contribution is -2.52. The standard InChI is InChI=1S/C38H38Cl2FN3O6/c1-48-33-9-7-24(16-34(33)49-2)28(17-30-31(39)19-42-20-32(30)40)29-14-22(6-8-27(29)37(45)46)18-43-36(25-4-3-5-26(41)15-25)38(47)50-35-21-44-12-10-23(35)11-13-44/h3-9,14-16,19-20,23,28,35-36,43H,10-13,17-18,21H2,1-2H3,(H,45,46)/t28-,35+,36?/m1/s1. The van der Waals surface area contributed by atoms with Gasteiger partial charge in [-0.1, -0.05) is 53.5 Å². The molecule has 3 aliphatic heterocycles. The third-order valence-corrected chi connectivity index (χ3v) is 10.3. The van der Waals surface area contributed by atoms with Gasteiger partial charge in [0.05, 0.1) is 29.8 Å². The van der Waals surface area contributed by atoms with E-state index in [-0.39, 0.29) is 24.6 Å². The third kappa shape index (κ3) is 7.89. The van der Waals surface area contributed by atoms with Crippen LogP contribution in [0.2, 0.25) is 10.0 Å². The van der Waals surface area contributed by atoms with Gasteiger partial charge in [0.15, 0.2) is 11.5 Å². The first-order chi connectivity index (χ1) is 24.1. The molecule has 3 saturated heterocycles. The minimum absolute atomic E-state index is 0.0817. The van der Waals surface area contributed by atoms with Crippen molar-refractivity contribution in [1.82, 2.24) is 15.2 Å². The summed E-state index contributed by atoms with van der Waals surface area (Å²) in [6.07, 6.45) is 4.96. The Morgan fingerprint density at radius 3 is 2.36 bits per heavy atom. The molecule has 12 heteroatoms. The van der Waals surface area contributed by atoms with Crippen molar-refractivity contribution < 1.29 is 33.3 Å². The monoisotopic (exact) mass is 721 g/mol. The predicted octanol–water partition coefficient (Wildman–Crippen LogP) is 7.09. The number of hydrogen-bond acceptors (Lipinski definition) is 8. The number of halogens is 3. The van der Waals surface area contributed by atoms with Crippen LogP contribution in [0.25, 0.3) is 0 Å². The van der Waals surface area contributed by atoms with Crippen LogP contribution >= 0.6 is 23.2 Å². The number of methoxy groups -OCH3 is 2. The van der Waals surface area contributed by atoms with Crippen LogP contribution in [0.15, 0.2) is 73.1 Å². The van der Waals surface area contributed by atoms with Crippen LogP contribution in [-0.2, 0) is 22.5 Å². The second-order valence-corrected chi connectivity index (χ2v) is 13.5. The molecule has 262 valence electrons. The quantitative estimate of drug-likeness (QED) is 0.140. The second-order valence-electron chi connectivity index (χ2n) is 12.7. The van der Waals surface area contributed by atoms with Gasteiger partial charge >= 0.3 is 11.9 Å². The molecule has 4 aromatic rings. The van der Waals surface area contributed by atoms with Crippen LogP contribution in [0, 0.1) is 11.7 Å². The van der Waals surface area contributed by atoms with Gasteiger partial charge in [-0.05, 0) is 96.4 Å². The number of ether oxygens (including phenoxy) is 3. The molecule has 0 spiro atoms. The van der Waals surface area contributed by atoms with Crippen LogP contribution in [0.4, 0.5) is 4.39 Å². The minimum atomic E-state index is -1.12. The zero-order chi connectivity index (χ0) is 35.4. The Bertz CT molecular complexity index is 1850. The summed E-state index contributed by atoms with van der Waals surface area (Å²) < 4.78 is 31.5. The Morgan fingerprint density at radius 2 is 1.72 bits per heavy atom. The number of benzene rings is 3. The van der Waals surface area contributed by atoms with Crippen molar-refractivity contribution in [3.05, 3.63) is 122 Å². The number of carbonyl (C=O) groups is 2. The lowest BCUT2D eigenvalue weighted by atomic mass is 9.82. The number of piperidine rings is 3. The van der Waals surface area contributed by atoms with Crippen molar-refractivity contribution in [1.29, 1.82) is 0 Å². The summed E-state index contributed by atoms with van der Waals surface area (Å²) in [7, 11) is 3.06. The number of nitrogens with zero attached hydrogens (tertiary/aromatic N) is 2. The second kappa shape index (κ2) is 15.8. The number of carbonyl (C=O) groups excluding carboxylic acids is 1. The van der Waals surface area contributed by atoms with Crippen LogP contribution in [-0.4, -0.2) is 66.9 Å². The van der Waals surface area contributed by atoms with E-state index in [1.165, 1.54) is 38.7 Å². The molecule has 0 saturated carbocycles. The Labute approximate surface area is 300 Å². The van der Waals surface area contributed by atoms with Gasteiger partial charge < -0.3 is 19.3 Å². The van der Waals surface area contributed by atoms with Crippen molar-refractivity contribution in [3.63, 3.8) is 0 Å². The van der Waals surface area contributed by atoms with Gasteiger partial charge in [0.2, 0.25) is 0 Å². The number of carboxylic acids is 1. The predicted molar refractivity (Wildman–Crippen MR) is 188 cm³/mol. The fourth-order valence-electron chi connectivity index (χ4n) is 7.02. The van der Waals surface area contributed by atoms with Crippen molar-refractivity contribution in [2.45, 2.75) is 43.9 Å². The lowest BCUT2D eigenvalue weighted by Gasteiger charge is -2.44. The first-order valence-corrected chi connectivity index (χ1v) is 17.2. The Kier molecular flexibility index (Phi) is 11.2. The Hall–Kier alpha value is -4.22. The van der Waals surface area contributed by atoms with Gasteiger partial charge in [0.1, 0.15) is 18.0 Å². The summed E-state index contributed by atoms with van der Waals surface area (Å²) in [6, 6.07) is 15.4. The fourth-order valence-corrected chi connectivity index (χ4v) is 7.54. The summed E-state index contributed by atoms with van der Waals surface area (Å²) >= 11 is 13.1. The number of fused-ring (bicyclic) bond motifs is 3. The van der Waals surface area contributed by atoms with Gasteiger partial charge in [0.25, 0.3) is 0 Å². The van der Waals surface area contributed by atoms with Gasteiger partial charge in [-0.3, -0.25) is 15.2 Å². The molecule has 7 rings (SSSR count). The molecular weight excluding hydrogens is 684 g/mol. The Morgan fingerprint density at radius 1 is 0.980 bits per heavy atom. The molecule has 3 aliphatic rings. The molecule has 50 heavy (non-hydrogen) atoms. The molecular formula is C38H38Cl2FN3O6. The van der Waals surface area contributed by atoms with Crippen LogP contribution < -0.4 is 14.8 Å². The SMILES string of the molecule is COc1ccc([C@@H](Cc2c(Cl)cncc2Cl)c2cc(CNC(C(=O)O[C@H]3CN4CCC3CC4)c3cccc(F)c3)ccc2C(=O)O)cc1OC. The maximum Gasteiger partial charge on any atom is 0.335 e. The molecule has 4 heterocycles. The summed E-state index contributed by atoms with van der Waals surface area (Å²) in [5.41, 5.74) is 3.04. The highest BCUT2D eigenvalue weighted by molar-refractivity contribution is 6.35. The fraction of sp³-hybridized carbons (Fsp3) is 0.342. The maximum absolute atomic E-state index is 14.4. The number of esters is 1. The minimum Gasteiger partial charge on any atom is -0.493 e. The molecule has 0 amide bonds. The molecule has 0 aliphatic carbocycles. The van der Waals surface area contributed by atoms with Crippen molar-refractivity contribution in [3.8, 4) is 11.5 Å². The first kappa shape index (κ1) is 35.6. The van der Waals surface area contributed by atoms with E-state index in [9.17, 15) is 19.1 Å². The number of carboxylic acid groups (broad SMARTS) is 1. The molecule has 2 N–H and O–H groups in total. The van der Waals surface area contributed by atoms with Gasteiger partial charge in [0, 0.05) is 31.4 Å². The number of aromatic carboxylic acids is 1. The highest BCUT2D eigenvalue weighted by atomic mass is 35.5. The van der Waals surface area contributed by atoms with E-state index >= 15 is 0 Å². The molecule has 3 aromatic carbocycles. The van der Waals surface area contributed by atoms with Gasteiger partial charge in [-0.25, -0.2) is 14.0 Å². The molecule has 3 atom stereocenters. The summed E-state index contributed by atoms with van der Waals surface area (Å²) in [4.78, 5) is 32.8. The first-order valence-electron chi connectivity index (χ1n) is 16.4. The zero-order valence-electron chi connectivity index (χ0n) is 27.7. The Balaban J connectivity index is 1.35. The topological polar surface area (TPSA) is 110 Å². The summed E-state index contributed by atoms with van der Waals surface area (Å²) in [6.45, 7) is 2.85. The van der Waals surface area contributed by atoms with E-state index in [0.29, 0.717) is 56.3 Å². The molecule has 1 unspecified atom stereocenters. The van der Waals surface area contributed by atoms with E-state index in [2.05, 4.69) is 15.2 Å². The largest absolute Gasteiger partial charge is 0.493 e. The highest BCUT2D eigenvalue weighted by Gasteiger charge is 2.38. The third-order valence-electron chi connectivity index (χ3n) is 9.68. The normalized spacial score (nSPS) is 19.4. The van der Waals surface area contributed by atoms with Crippen molar-refractivity contribution >= 4 is 35.1 Å². The van der Waals surface area contributed by atoms with E-state index < -0.39 is 29.7 Å². The van der Waals surface area contributed by atoms with E-state index in [0.717, 1.165) is 31.5 Å². The van der Waals surface area contributed by atoms with Gasteiger partial charge in [-0.15, -0.1) is 0 Å². The molecule has 1 aromatic heterocycles. The van der Waals surface area contributed by atoms with E-state index in [1.807, 2.05) is 6.07 Å². The molecule has 0 radical (unpaired) electrons. The van der Waals surface area contributed by atoms with Gasteiger partial charge in [-0.2, -0.15) is 0 Å². The number of rotatable bonds is 13. The highest BCUT2D eigenvalue weighted by Crippen LogP contribution is 2.39. The number of nitrogens with one attached hydrogen (secondary N) is 1. The molecule has 3 fully saturated rings. The van der Waals surface area contributed by atoms with E-state index in [1.54, 1.807) is 42.5 Å². The maximum atomic E-state index is 14.4. The molecule has 9 nitrogen and oxygen atoms in total. The summed E-state index contributed by atoms with van der Waals surface area (Å²) in [5.74, 6) is -1.34. The van der Waals surface area contributed by atoms with Crippen molar-refractivity contribution in [2.75, 3.05) is 33.9 Å². The van der Waals surface area contributed by atoms with Crippen molar-refractivity contribution in [2.24, 2.45) is 5.92 Å². The average molecular weight is 723 g/mol. The smallest absolute Gasteiger partial charge is 0.335 e. The molecule has 2 bridgehead atoms. The van der Waals surface area contributed by atoms with Crippen LogP contribution in [0.5, 0.6) is 11.5 Å².